The number of aliphatic carboxylic acids is 1. The highest BCUT2D eigenvalue weighted by Gasteiger charge is 2.21. The normalized spacial score (nSPS) is 16.3. The molecule has 0 atom stereocenters. The summed E-state index contributed by atoms with van der Waals surface area (Å²) in [6.07, 6.45) is 6.24. The highest BCUT2D eigenvalue weighted by molar-refractivity contribution is 5.70. The summed E-state index contributed by atoms with van der Waals surface area (Å²) in [6, 6.07) is 8.26. The van der Waals surface area contributed by atoms with E-state index in [1.54, 1.807) is 0 Å². The summed E-state index contributed by atoms with van der Waals surface area (Å²) in [6.45, 7) is 1.54. The Morgan fingerprint density at radius 3 is 2.43 bits per heavy atom. The Morgan fingerprint density at radius 2 is 1.81 bits per heavy atom. The van der Waals surface area contributed by atoms with Crippen molar-refractivity contribution in [3.05, 3.63) is 35.4 Å². The molecule has 0 bridgehead atoms. The van der Waals surface area contributed by atoms with Crippen LogP contribution in [0.5, 0.6) is 0 Å². The summed E-state index contributed by atoms with van der Waals surface area (Å²) in [7, 11) is 0. The minimum Gasteiger partial charge on any atom is -0.481 e. The molecule has 1 aromatic rings. The van der Waals surface area contributed by atoms with Crippen molar-refractivity contribution in [2.24, 2.45) is 0 Å². The van der Waals surface area contributed by atoms with E-state index in [2.05, 4.69) is 4.90 Å². The summed E-state index contributed by atoms with van der Waals surface area (Å²) in [4.78, 5) is 13.3. The number of benzene rings is 1. The van der Waals surface area contributed by atoms with Gasteiger partial charge in [0.25, 0.3) is 0 Å². The summed E-state index contributed by atoms with van der Waals surface area (Å²) < 4.78 is 0. The van der Waals surface area contributed by atoms with Gasteiger partial charge in [-0.1, -0.05) is 43.5 Å². The Bertz CT molecular complexity index is 455. The molecule has 0 aliphatic heterocycles. The minimum atomic E-state index is -0.797. The highest BCUT2D eigenvalue weighted by Crippen LogP contribution is 2.24. The van der Waals surface area contributed by atoms with Crippen LogP contribution < -0.4 is 0 Å². The lowest BCUT2D eigenvalue weighted by Crippen LogP contribution is -2.38. The number of carboxylic acid groups (broad SMARTS) is 1. The molecule has 0 aromatic heterocycles. The molecular weight excluding hydrogens is 266 g/mol. The number of nitrogens with zero attached hydrogens (tertiary/aromatic N) is 1. The fraction of sp³-hybridized carbons (Fsp3) is 0.588. The third-order valence-electron chi connectivity index (χ3n) is 4.31. The molecule has 0 heterocycles. The maximum Gasteiger partial charge on any atom is 0.307 e. The third kappa shape index (κ3) is 4.83. The third-order valence-corrected chi connectivity index (χ3v) is 4.31. The van der Waals surface area contributed by atoms with Gasteiger partial charge in [-0.05, 0) is 24.0 Å². The van der Waals surface area contributed by atoms with Crippen molar-refractivity contribution >= 4 is 5.97 Å². The molecule has 1 aliphatic rings. The van der Waals surface area contributed by atoms with Crippen LogP contribution in [-0.4, -0.2) is 40.3 Å². The molecule has 21 heavy (non-hydrogen) atoms. The topological polar surface area (TPSA) is 60.8 Å². The Hall–Kier alpha value is -1.39. The van der Waals surface area contributed by atoms with E-state index in [0.717, 1.165) is 17.7 Å². The van der Waals surface area contributed by atoms with E-state index < -0.39 is 5.97 Å². The fourth-order valence-corrected chi connectivity index (χ4v) is 3.23. The van der Waals surface area contributed by atoms with Gasteiger partial charge in [-0.3, -0.25) is 9.69 Å². The van der Waals surface area contributed by atoms with Crippen LogP contribution in [0.3, 0.4) is 0 Å². The Kier molecular flexibility index (Phi) is 6.21. The van der Waals surface area contributed by atoms with E-state index in [1.807, 2.05) is 24.3 Å². The molecule has 0 amide bonds. The van der Waals surface area contributed by atoms with Crippen LogP contribution >= 0.6 is 0 Å². The van der Waals surface area contributed by atoms with Crippen molar-refractivity contribution in [1.29, 1.82) is 0 Å². The first-order chi connectivity index (χ1) is 10.2. The standard InChI is InChI=1S/C17H25NO3/c19-11-10-18(16-8-2-1-3-9-16)13-15-7-5-4-6-14(15)12-17(20)21/h4-7,16,19H,1-3,8-13H2,(H,20,21). The number of carboxylic acids is 1. The molecule has 2 rings (SSSR count). The number of aliphatic hydroxyl groups excluding tert-OH is 1. The van der Waals surface area contributed by atoms with Crippen LogP contribution in [0.1, 0.15) is 43.2 Å². The summed E-state index contributed by atoms with van der Waals surface area (Å²) >= 11 is 0. The largest absolute Gasteiger partial charge is 0.481 e. The van der Waals surface area contributed by atoms with Crippen LogP contribution in [0.2, 0.25) is 0 Å². The summed E-state index contributed by atoms with van der Waals surface area (Å²) in [5, 5.41) is 18.3. The lowest BCUT2D eigenvalue weighted by molar-refractivity contribution is -0.136. The van der Waals surface area contributed by atoms with E-state index >= 15 is 0 Å². The molecule has 0 unspecified atom stereocenters. The average molecular weight is 291 g/mol. The maximum atomic E-state index is 11.0. The van der Waals surface area contributed by atoms with Gasteiger partial charge in [-0.25, -0.2) is 0 Å². The number of carbonyl (C=O) groups is 1. The van der Waals surface area contributed by atoms with Crippen molar-refractivity contribution in [2.45, 2.75) is 51.1 Å². The first-order valence-electron chi connectivity index (χ1n) is 7.84. The van der Waals surface area contributed by atoms with Crippen LogP contribution in [0.15, 0.2) is 24.3 Å². The van der Waals surface area contributed by atoms with E-state index in [4.69, 9.17) is 5.11 Å². The van der Waals surface area contributed by atoms with Crippen LogP contribution in [-0.2, 0) is 17.8 Å². The van der Waals surface area contributed by atoms with Crippen molar-refractivity contribution in [1.82, 2.24) is 4.90 Å². The molecule has 2 N–H and O–H groups in total. The SMILES string of the molecule is O=C(O)Cc1ccccc1CN(CCO)C1CCCCC1. The van der Waals surface area contributed by atoms with Gasteiger partial charge in [-0.15, -0.1) is 0 Å². The Morgan fingerprint density at radius 1 is 1.14 bits per heavy atom. The second-order valence-corrected chi connectivity index (χ2v) is 5.83. The molecule has 4 nitrogen and oxygen atoms in total. The van der Waals surface area contributed by atoms with Gasteiger partial charge >= 0.3 is 5.97 Å². The second-order valence-electron chi connectivity index (χ2n) is 5.83. The van der Waals surface area contributed by atoms with Gasteiger partial charge in [0, 0.05) is 19.1 Å². The molecule has 0 radical (unpaired) electrons. The van der Waals surface area contributed by atoms with Crippen LogP contribution in [0.4, 0.5) is 0 Å². The van der Waals surface area contributed by atoms with Gasteiger partial charge in [0.05, 0.1) is 13.0 Å². The molecule has 4 heteroatoms. The van der Waals surface area contributed by atoms with E-state index in [0.29, 0.717) is 12.6 Å². The summed E-state index contributed by atoms with van der Waals surface area (Å²) in [5.41, 5.74) is 1.95. The smallest absolute Gasteiger partial charge is 0.307 e. The van der Waals surface area contributed by atoms with E-state index in [-0.39, 0.29) is 13.0 Å². The Balaban J connectivity index is 2.10. The molecule has 1 aromatic carbocycles. The number of aliphatic hydroxyl groups is 1. The molecule has 1 fully saturated rings. The quantitative estimate of drug-likeness (QED) is 0.810. The van der Waals surface area contributed by atoms with Gasteiger partial charge in [0.2, 0.25) is 0 Å². The Labute approximate surface area is 126 Å². The van der Waals surface area contributed by atoms with Crippen molar-refractivity contribution in [3.8, 4) is 0 Å². The van der Waals surface area contributed by atoms with E-state index in [9.17, 15) is 9.90 Å². The monoisotopic (exact) mass is 291 g/mol. The van der Waals surface area contributed by atoms with Crippen molar-refractivity contribution in [2.75, 3.05) is 13.2 Å². The van der Waals surface area contributed by atoms with Gasteiger partial charge < -0.3 is 10.2 Å². The first kappa shape index (κ1) is 16.0. The van der Waals surface area contributed by atoms with Crippen LogP contribution in [0, 0.1) is 0 Å². The fourth-order valence-electron chi connectivity index (χ4n) is 3.23. The second kappa shape index (κ2) is 8.15. The minimum absolute atomic E-state index is 0.0633. The molecule has 0 saturated heterocycles. The van der Waals surface area contributed by atoms with Crippen molar-refractivity contribution in [3.63, 3.8) is 0 Å². The molecule has 116 valence electrons. The molecule has 0 spiro atoms. The zero-order valence-corrected chi connectivity index (χ0v) is 12.5. The molecular formula is C17H25NO3. The number of hydrogen-bond donors (Lipinski definition) is 2. The molecule has 1 aliphatic carbocycles. The lowest BCUT2D eigenvalue weighted by atomic mass is 9.93. The number of rotatable bonds is 7. The van der Waals surface area contributed by atoms with Crippen LogP contribution in [0.25, 0.3) is 0 Å². The summed E-state index contributed by atoms with van der Waals surface area (Å²) in [5.74, 6) is -0.797. The zero-order chi connectivity index (χ0) is 15.1. The highest BCUT2D eigenvalue weighted by atomic mass is 16.4. The van der Waals surface area contributed by atoms with Gasteiger partial charge in [0.1, 0.15) is 0 Å². The number of hydrogen-bond acceptors (Lipinski definition) is 3. The zero-order valence-electron chi connectivity index (χ0n) is 12.5. The lowest BCUT2D eigenvalue weighted by Gasteiger charge is -2.34. The van der Waals surface area contributed by atoms with Gasteiger partial charge in [0.15, 0.2) is 0 Å². The maximum absolute atomic E-state index is 11.0. The van der Waals surface area contributed by atoms with E-state index in [1.165, 1.54) is 32.1 Å². The van der Waals surface area contributed by atoms with Crippen molar-refractivity contribution < 1.29 is 15.0 Å². The van der Waals surface area contributed by atoms with Gasteiger partial charge in [-0.2, -0.15) is 0 Å². The average Bonchev–Trinajstić information content (AvgIpc) is 2.49. The molecule has 1 saturated carbocycles. The predicted molar refractivity (Wildman–Crippen MR) is 82.2 cm³/mol. The first-order valence-corrected chi connectivity index (χ1v) is 7.84. The predicted octanol–water partition coefficient (Wildman–Crippen LogP) is 2.44.